The normalized spacial score (nSPS) is 20.4. The van der Waals surface area contributed by atoms with Crippen LogP contribution in [0.5, 0.6) is 5.75 Å². The van der Waals surface area contributed by atoms with Gasteiger partial charge in [0.25, 0.3) is 0 Å². The van der Waals surface area contributed by atoms with E-state index in [0.717, 1.165) is 6.42 Å². The van der Waals surface area contributed by atoms with Crippen LogP contribution >= 0.6 is 0 Å². The molecular weight excluding hydrogens is 183 g/mol. The number of Topliss-reactive ketones (excluding diaryl/α,β-unsaturated/α-hetero) is 1. The van der Waals surface area contributed by atoms with Gasteiger partial charge in [0.05, 0.1) is 7.11 Å². The van der Waals surface area contributed by atoms with E-state index in [0.29, 0.717) is 17.7 Å². The van der Waals surface area contributed by atoms with Crippen LogP contribution in [-0.2, 0) is 4.79 Å². The van der Waals surface area contributed by atoms with Crippen LogP contribution in [0.4, 0.5) is 4.39 Å². The largest absolute Gasteiger partial charge is 0.497 e. The molecule has 1 atom stereocenters. The fourth-order valence-corrected chi connectivity index (χ4v) is 1.65. The molecule has 1 aliphatic carbocycles. The average molecular weight is 194 g/mol. The second kappa shape index (κ2) is 3.40. The third-order valence-corrected chi connectivity index (χ3v) is 2.65. The summed E-state index contributed by atoms with van der Waals surface area (Å²) in [4.78, 5) is 11.1. The number of carbonyl (C=O) groups excluding carboxylic acids is 1. The molecule has 0 aliphatic heterocycles. The van der Waals surface area contributed by atoms with Gasteiger partial charge >= 0.3 is 0 Å². The number of benzene rings is 1. The second-order valence-electron chi connectivity index (χ2n) is 3.45. The predicted molar refractivity (Wildman–Crippen MR) is 49.9 cm³/mol. The first kappa shape index (κ1) is 9.19. The van der Waals surface area contributed by atoms with Crippen molar-refractivity contribution in [1.29, 1.82) is 0 Å². The third-order valence-electron chi connectivity index (χ3n) is 2.65. The maximum Gasteiger partial charge on any atom is 0.140 e. The molecule has 1 fully saturated rings. The molecule has 0 heterocycles. The first-order chi connectivity index (χ1) is 6.72. The average Bonchev–Trinajstić information content (AvgIpc) is 2.18. The zero-order valence-electron chi connectivity index (χ0n) is 7.92. The quantitative estimate of drug-likeness (QED) is 0.722. The van der Waals surface area contributed by atoms with E-state index < -0.39 is 0 Å². The number of halogens is 1. The Kier molecular flexibility index (Phi) is 2.23. The highest BCUT2D eigenvalue weighted by Crippen LogP contribution is 2.35. The summed E-state index contributed by atoms with van der Waals surface area (Å²) in [7, 11) is 1.49. The topological polar surface area (TPSA) is 26.3 Å². The lowest BCUT2D eigenvalue weighted by atomic mass is 9.78. The van der Waals surface area contributed by atoms with Gasteiger partial charge in [-0.1, -0.05) is 6.07 Å². The molecule has 1 aromatic carbocycles. The SMILES string of the molecule is COc1ccc(C2CCC2=O)c(F)c1. The Labute approximate surface area is 81.7 Å². The van der Waals surface area contributed by atoms with E-state index in [1.807, 2.05) is 0 Å². The van der Waals surface area contributed by atoms with E-state index in [1.54, 1.807) is 12.1 Å². The summed E-state index contributed by atoms with van der Waals surface area (Å²) in [6.45, 7) is 0. The van der Waals surface area contributed by atoms with Gasteiger partial charge in [-0.05, 0) is 18.1 Å². The molecule has 0 bridgehead atoms. The van der Waals surface area contributed by atoms with Gasteiger partial charge in [-0.25, -0.2) is 4.39 Å². The van der Waals surface area contributed by atoms with Crippen LogP contribution < -0.4 is 4.74 Å². The number of rotatable bonds is 2. The van der Waals surface area contributed by atoms with E-state index in [-0.39, 0.29) is 17.5 Å². The lowest BCUT2D eigenvalue weighted by Gasteiger charge is -2.24. The highest BCUT2D eigenvalue weighted by Gasteiger charge is 2.31. The number of ketones is 1. The van der Waals surface area contributed by atoms with Gasteiger partial charge < -0.3 is 4.74 Å². The molecule has 14 heavy (non-hydrogen) atoms. The number of hydrogen-bond acceptors (Lipinski definition) is 2. The van der Waals surface area contributed by atoms with Crippen LogP contribution in [-0.4, -0.2) is 12.9 Å². The predicted octanol–water partition coefficient (Wildman–Crippen LogP) is 2.28. The van der Waals surface area contributed by atoms with Crippen LogP contribution in [0.25, 0.3) is 0 Å². The molecule has 1 unspecified atom stereocenters. The van der Waals surface area contributed by atoms with Crippen molar-refractivity contribution < 1.29 is 13.9 Å². The minimum atomic E-state index is -0.345. The van der Waals surface area contributed by atoms with Crippen LogP contribution in [0.3, 0.4) is 0 Å². The molecule has 1 aliphatic rings. The van der Waals surface area contributed by atoms with Crippen molar-refractivity contribution in [2.75, 3.05) is 7.11 Å². The molecule has 0 saturated heterocycles. The summed E-state index contributed by atoms with van der Waals surface area (Å²) in [6.07, 6.45) is 1.35. The Bertz CT molecular complexity index is 374. The molecule has 0 spiro atoms. The van der Waals surface area contributed by atoms with Crippen molar-refractivity contribution in [3.8, 4) is 5.75 Å². The van der Waals surface area contributed by atoms with Crippen molar-refractivity contribution >= 4 is 5.78 Å². The molecule has 3 heteroatoms. The summed E-state index contributed by atoms with van der Waals surface area (Å²) in [5.74, 6) is 0.0513. The highest BCUT2D eigenvalue weighted by atomic mass is 19.1. The van der Waals surface area contributed by atoms with E-state index in [1.165, 1.54) is 13.2 Å². The van der Waals surface area contributed by atoms with E-state index in [9.17, 15) is 9.18 Å². The van der Waals surface area contributed by atoms with Gasteiger partial charge in [0.15, 0.2) is 0 Å². The first-order valence-corrected chi connectivity index (χ1v) is 4.58. The van der Waals surface area contributed by atoms with Gasteiger partial charge in [-0.3, -0.25) is 4.79 Å². The summed E-state index contributed by atoms with van der Waals surface area (Å²) in [5.41, 5.74) is 0.502. The molecule has 0 aromatic heterocycles. The van der Waals surface area contributed by atoms with E-state index >= 15 is 0 Å². The smallest absolute Gasteiger partial charge is 0.140 e. The molecule has 74 valence electrons. The summed E-state index contributed by atoms with van der Waals surface area (Å²) in [6, 6.07) is 4.64. The lowest BCUT2D eigenvalue weighted by molar-refractivity contribution is -0.125. The molecule has 2 nitrogen and oxygen atoms in total. The molecule has 0 radical (unpaired) electrons. The molecule has 1 saturated carbocycles. The third kappa shape index (κ3) is 1.39. The van der Waals surface area contributed by atoms with Gasteiger partial charge in [0.1, 0.15) is 17.3 Å². The van der Waals surface area contributed by atoms with Crippen molar-refractivity contribution in [1.82, 2.24) is 0 Å². The van der Waals surface area contributed by atoms with Crippen LogP contribution in [0.15, 0.2) is 18.2 Å². The second-order valence-corrected chi connectivity index (χ2v) is 3.45. The Morgan fingerprint density at radius 2 is 2.29 bits per heavy atom. The number of carbonyl (C=O) groups is 1. The van der Waals surface area contributed by atoms with Gasteiger partial charge in [-0.15, -0.1) is 0 Å². The van der Waals surface area contributed by atoms with E-state index in [4.69, 9.17) is 4.74 Å². The monoisotopic (exact) mass is 194 g/mol. The Balaban J connectivity index is 2.30. The molecule has 0 N–H and O–H groups in total. The van der Waals surface area contributed by atoms with Gasteiger partial charge in [0.2, 0.25) is 0 Å². The Morgan fingerprint density at radius 1 is 1.50 bits per heavy atom. The maximum absolute atomic E-state index is 13.4. The van der Waals surface area contributed by atoms with Crippen LogP contribution in [0.2, 0.25) is 0 Å². The zero-order valence-corrected chi connectivity index (χ0v) is 7.92. The van der Waals surface area contributed by atoms with Crippen molar-refractivity contribution in [3.05, 3.63) is 29.6 Å². The Morgan fingerprint density at radius 3 is 2.71 bits per heavy atom. The van der Waals surface area contributed by atoms with Crippen molar-refractivity contribution in [3.63, 3.8) is 0 Å². The summed E-state index contributed by atoms with van der Waals surface area (Å²) < 4.78 is 18.3. The zero-order chi connectivity index (χ0) is 10.1. The Hall–Kier alpha value is -1.38. The minimum Gasteiger partial charge on any atom is -0.497 e. The standard InChI is InChI=1S/C11H11FO2/c1-14-7-2-3-8(10(12)6-7)9-4-5-11(9)13/h2-3,6,9H,4-5H2,1H3. The maximum atomic E-state index is 13.4. The molecule has 2 rings (SSSR count). The van der Waals surface area contributed by atoms with Gasteiger partial charge in [0, 0.05) is 18.4 Å². The first-order valence-electron chi connectivity index (χ1n) is 4.58. The fraction of sp³-hybridized carbons (Fsp3) is 0.364. The van der Waals surface area contributed by atoms with E-state index in [2.05, 4.69) is 0 Å². The van der Waals surface area contributed by atoms with Crippen molar-refractivity contribution in [2.24, 2.45) is 0 Å². The minimum absolute atomic E-state index is 0.133. The summed E-state index contributed by atoms with van der Waals surface area (Å²) >= 11 is 0. The highest BCUT2D eigenvalue weighted by molar-refractivity contribution is 5.91. The summed E-state index contributed by atoms with van der Waals surface area (Å²) in [5, 5.41) is 0. The number of ether oxygens (including phenoxy) is 1. The van der Waals surface area contributed by atoms with Crippen LogP contribution in [0, 0.1) is 5.82 Å². The fourth-order valence-electron chi connectivity index (χ4n) is 1.65. The van der Waals surface area contributed by atoms with Crippen molar-refractivity contribution in [2.45, 2.75) is 18.8 Å². The van der Waals surface area contributed by atoms with Crippen LogP contribution in [0.1, 0.15) is 24.3 Å². The molecular formula is C11H11FO2. The number of hydrogen-bond donors (Lipinski definition) is 0. The molecule has 0 amide bonds. The number of methoxy groups -OCH3 is 1. The lowest BCUT2D eigenvalue weighted by Crippen LogP contribution is -2.24. The van der Waals surface area contributed by atoms with Gasteiger partial charge in [-0.2, -0.15) is 0 Å². The molecule has 1 aromatic rings.